The Hall–Kier alpha value is -2.40. The quantitative estimate of drug-likeness (QED) is 0.749. The van der Waals surface area contributed by atoms with Crippen molar-refractivity contribution >= 4 is 28.3 Å². The lowest BCUT2D eigenvalue weighted by atomic mass is 10.1. The largest absolute Gasteiger partial charge is 0.478 e. The minimum Gasteiger partial charge on any atom is -0.478 e. The van der Waals surface area contributed by atoms with Crippen LogP contribution in [-0.2, 0) is 4.79 Å². The first-order valence-electron chi connectivity index (χ1n) is 6.08. The Morgan fingerprint density at radius 3 is 2.80 bits per heavy atom. The first-order chi connectivity index (χ1) is 9.65. The molecule has 0 aliphatic carbocycles. The Kier molecular flexibility index (Phi) is 3.12. The number of imidazole rings is 1. The van der Waals surface area contributed by atoms with Crippen molar-refractivity contribution in [3.8, 4) is 11.3 Å². The van der Waals surface area contributed by atoms with Crippen LogP contribution in [0.2, 0.25) is 0 Å². The van der Waals surface area contributed by atoms with Crippen LogP contribution >= 0.6 is 11.3 Å². The predicted octanol–water partition coefficient (Wildman–Crippen LogP) is 3.47. The number of aliphatic carboxylic acids is 1. The molecule has 4 nitrogen and oxygen atoms in total. The van der Waals surface area contributed by atoms with E-state index in [0.717, 1.165) is 28.0 Å². The molecule has 0 radical (unpaired) electrons. The van der Waals surface area contributed by atoms with Crippen LogP contribution in [-0.4, -0.2) is 20.5 Å². The predicted molar refractivity (Wildman–Crippen MR) is 79.9 cm³/mol. The van der Waals surface area contributed by atoms with Crippen molar-refractivity contribution in [2.45, 2.75) is 6.92 Å². The molecule has 0 amide bonds. The van der Waals surface area contributed by atoms with Gasteiger partial charge in [-0.1, -0.05) is 29.8 Å². The SMILES string of the molecule is Cc1ccc(-c2csc3ncc(/C=C/C(=O)O)n23)cc1. The number of aryl methyl sites for hydroxylation is 1. The zero-order valence-electron chi connectivity index (χ0n) is 10.8. The average molecular weight is 284 g/mol. The number of hydrogen-bond acceptors (Lipinski definition) is 3. The Morgan fingerprint density at radius 1 is 1.35 bits per heavy atom. The number of hydrogen-bond donors (Lipinski definition) is 1. The number of aromatic nitrogens is 2. The molecule has 3 aromatic rings. The normalized spacial score (nSPS) is 11.4. The van der Waals surface area contributed by atoms with Crippen LogP contribution in [0.4, 0.5) is 0 Å². The van der Waals surface area contributed by atoms with Gasteiger partial charge in [-0.3, -0.25) is 4.40 Å². The molecule has 5 heteroatoms. The molecule has 0 aliphatic heterocycles. The lowest BCUT2D eigenvalue weighted by molar-refractivity contribution is -0.131. The van der Waals surface area contributed by atoms with Gasteiger partial charge in [0.15, 0.2) is 4.96 Å². The van der Waals surface area contributed by atoms with Gasteiger partial charge in [-0.2, -0.15) is 0 Å². The van der Waals surface area contributed by atoms with Crippen molar-refractivity contribution in [3.63, 3.8) is 0 Å². The molecule has 100 valence electrons. The van der Waals surface area contributed by atoms with Gasteiger partial charge in [0, 0.05) is 11.5 Å². The molecule has 1 N–H and O–H groups in total. The number of benzene rings is 1. The molecule has 3 rings (SSSR count). The highest BCUT2D eigenvalue weighted by atomic mass is 32.1. The van der Waals surface area contributed by atoms with Gasteiger partial charge in [0.1, 0.15) is 0 Å². The molecule has 1 aromatic carbocycles. The van der Waals surface area contributed by atoms with E-state index in [9.17, 15) is 4.79 Å². The van der Waals surface area contributed by atoms with Gasteiger partial charge in [-0.25, -0.2) is 9.78 Å². The highest BCUT2D eigenvalue weighted by molar-refractivity contribution is 7.15. The number of carboxylic acid groups (broad SMARTS) is 1. The van der Waals surface area contributed by atoms with E-state index in [1.165, 1.54) is 16.9 Å². The van der Waals surface area contributed by atoms with E-state index in [0.29, 0.717) is 0 Å². The maximum absolute atomic E-state index is 10.6. The molecule has 0 saturated carbocycles. The summed E-state index contributed by atoms with van der Waals surface area (Å²) in [5.41, 5.74) is 4.08. The van der Waals surface area contributed by atoms with Gasteiger partial charge in [0.05, 0.1) is 17.6 Å². The van der Waals surface area contributed by atoms with Crippen LogP contribution in [0.25, 0.3) is 22.3 Å². The number of thiazole rings is 1. The summed E-state index contributed by atoms with van der Waals surface area (Å²) in [5, 5.41) is 10.8. The fraction of sp³-hybridized carbons (Fsp3) is 0.0667. The summed E-state index contributed by atoms with van der Waals surface area (Å²) in [4.78, 5) is 15.8. The number of carbonyl (C=O) groups is 1. The van der Waals surface area contributed by atoms with Gasteiger partial charge >= 0.3 is 5.97 Å². The number of nitrogens with zero attached hydrogens (tertiary/aromatic N) is 2. The molecule has 20 heavy (non-hydrogen) atoms. The zero-order valence-corrected chi connectivity index (χ0v) is 11.6. The highest BCUT2D eigenvalue weighted by Gasteiger charge is 2.10. The molecule has 0 aliphatic rings. The van der Waals surface area contributed by atoms with E-state index in [2.05, 4.69) is 29.2 Å². The molecule has 2 heterocycles. The lowest BCUT2D eigenvalue weighted by Crippen LogP contribution is -1.90. The highest BCUT2D eigenvalue weighted by Crippen LogP contribution is 2.27. The smallest absolute Gasteiger partial charge is 0.328 e. The molecule has 0 unspecified atom stereocenters. The zero-order chi connectivity index (χ0) is 14.1. The van der Waals surface area contributed by atoms with Crippen molar-refractivity contribution in [1.29, 1.82) is 0 Å². The maximum Gasteiger partial charge on any atom is 0.328 e. The summed E-state index contributed by atoms with van der Waals surface area (Å²) >= 11 is 1.54. The summed E-state index contributed by atoms with van der Waals surface area (Å²) in [5.74, 6) is -0.966. The van der Waals surface area contributed by atoms with E-state index in [4.69, 9.17) is 5.11 Å². The summed E-state index contributed by atoms with van der Waals surface area (Å²) < 4.78 is 1.97. The first-order valence-corrected chi connectivity index (χ1v) is 6.96. The molecule has 0 spiro atoms. The van der Waals surface area contributed by atoms with E-state index in [1.807, 2.05) is 16.7 Å². The van der Waals surface area contributed by atoms with E-state index >= 15 is 0 Å². The van der Waals surface area contributed by atoms with E-state index < -0.39 is 5.97 Å². The van der Waals surface area contributed by atoms with E-state index in [-0.39, 0.29) is 0 Å². The van der Waals surface area contributed by atoms with Crippen molar-refractivity contribution in [1.82, 2.24) is 9.38 Å². The van der Waals surface area contributed by atoms with Gasteiger partial charge in [-0.05, 0) is 18.6 Å². The summed E-state index contributed by atoms with van der Waals surface area (Å²) in [7, 11) is 0. The van der Waals surface area contributed by atoms with Crippen molar-refractivity contribution in [2.75, 3.05) is 0 Å². The molecule has 0 fully saturated rings. The second-order valence-corrected chi connectivity index (χ2v) is 5.30. The Labute approximate surface area is 119 Å². The third kappa shape index (κ3) is 2.23. The topological polar surface area (TPSA) is 54.6 Å². The molecule has 0 atom stereocenters. The first kappa shape index (κ1) is 12.6. The fourth-order valence-corrected chi connectivity index (χ4v) is 2.91. The second kappa shape index (κ2) is 4.94. The second-order valence-electron chi connectivity index (χ2n) is 4.46. The Morgan fingerprint density at radius 2 is 2.10 bits per heavy atom. The standard InChI is InChI=1S/C15H12N2O2S/c1-10-2-4-11(5-3-10)13-9-20-15-16-8-12(17(13)15)6-7-14(18)19/h2-9H,1H3,(H,18,19)/b7-6+. The summed E-state index contributed by atoms with van der Waals surface area (Å²) in [6.07, 6.45) is 4.37. The van der Waals surface area contributed by atoms with Crippen LogP contribution in [0.5, 0.6) is 0 Å². The third-order valence-corrected chi connectivity index (χ3v) is 3.86. The molecular formula is C15H12N2O2S. The minimum absolute atomic E-state index is 0.763. The molecular weight excluding hydrogens is 272 g/mol. The number of carboxylic acids is 1. The molecule has 2 aromatic heterocycles. The van der Waals surface area contributed by atoms with Crippen molar-refractivity contribution in [2.24, 2.45) is 0 Å². The molecule has 0 saturated heterocycles. The van der Waals surface area contributed by atoms with Crippen molar-refractivity contribution in [3.05, 3.63) is 53.2 Å². The maximum atomic E-state index is 10.6. The van der Waals surface area contributed by atoms with Crippen LogP contribution in [0, 0.1) is 6.92 Å². The van der Waals surface area contributed by atoms with Gasteiger partial charge < -0.3 is 5.11 Å². The van der Waals surface area contributed by atoms with Crippen LogP contribution in [0.3, 0.4) is 0 Å². The van der Waals surface area contributed by atoms with Gasteiger partial charge in [0.25, 0.3) is 0 Å². The minimum atomic E-state index is -0.966. The Bertz CT molecular complexity index is 797. The third-order valence-electron chi connectivity index (χ3n) is 3.02. The lowest BCUT2D eigenvalue weighted by Gasteiger charge is -2.02. The van der Waals surface area contributed by atoms with Crippen LogP contribution in [0.15, 0.2) is 41.9 Å². The fourth-order valence-electron chi connectivity index (χ4n) is 2.03. The van der Waals surface area contributed by atoms with Crippen molar-refractivity contribution < 1.29 is 9.90 Å². The van der Waals surface area contributed by atoms with Gasteiger partial charge in [-0.15, -0.1) is 11.3 Å². The van der Waals surface area contributed by atoms with E-state index in [1.54, 1.807) is 12.3 Å². The van der Waals surface area contributed by atoms with Crippen LogP contribution < -0.4 is 0 Å². The monoisotopic (exact) mass is 284 g/mol. The molecule has 0 bridgehead atoms. The summed E-state index contributed by atoms with van der Waals surface area (Å²) in [6.45, 7) is 2.05. The summed E-state index contributed by atoms with van der Waals surface area (Å²) in [6, 6.07) is 8.23. The van der Waals surface area contributed by atoms with Gasteiger partial charge in [0.2, 0.25) is 0 Å². The number of fused-ring (bicyclic) bond motifs is 1. The van der Waals surface area contributed by atoms with Crippen LogP contribution in [0.1, 0.15) is 11.3 Å². The Balaban J connectivity index is 2.14. The number of rotatable bonds is 3. The average Bonchev–Trinajstić information content (AvgIpc) is 2.99.